The Morgan fingerprint density at radius 3 is 2.95 bits per heavy atom. The maximum atomic E-state index is 4.29. The van der Waals surface area contributed by atoms with Crippen LogP contribution in [0.3, 0.4) is 0 Å². The molecule has 0 atom stereocenters. The molecule has 3 rings (SSSR count). The van der Waals surface area contributed by atoms with Gasteiger partial charge in [-0.25, -0.2) is 0 Å². The lowest BCUT2D eigenvalue weighted by atomic mass is 10.2. The summed E-state index contributed by atoms with van der Waals surface area (Å²) in [5, 5.41) is 11.9. The minimum atomic E-state index is 0.702. The summed E-state index contributed by atoms with van der Waals surface area (Å²) in [5.74, 6) is 2.14. The van der Waals surface area contributed by atoms with E-state index in [0.717, 1.165) is 39.2 Å². The molecular weight excluding hydrogens is 372 g/mol. The van der Waals surface area contributed by atoms with Crippen LogP contribution in [0.25, 0.3) is 0 Å². The Kier molecular flexibility index (Phi) is 3.88. The summed E-state index contributed by atoms with van der Waals surface area (Å²) in [7, 11) is 0. The highest BCUT2D eigenvalue weighted by atomic mass is 79.9. The van der Waals surface area contributed by atoms with Gasteiger partial charge in [0.15, 0.2) is 5.82 Å². The second-order valence-electron chi connectivity index (χ2n) is 4.62. The highest BCUT2D eigenvalue weighted by Crippen LogP contribution is 2.26. The molecule has 2 aromatic rings. The van der Waals surface area contributed by atoms with Crippen LogP contribution in [0.5, 0.6) is 0 Å². The van der Waals surface area contributed by atoms with E-state index in [1.165, 1.54) is 12.8 Å². The van der Waals surface area contributed by atoms with Crippen molar-refractivity contribution in [1.29, 1.82) is 0 Å². The molecule has 0 saturated carbocycles. The molecule has 0 bridgehead atoms. The molecule has 1 N–H and O–H groups in total. The number of fused-ring (bicyclic) bond motifs is 1. The standard InChI is InChI=1S/C13H14Br2N4/c14-9-4-5-11(10(15)7-9)16-8-13-18-17-12-3-1-2-6-19(12)13/h4-5,7,16H,1-3,6,8H2. The van der Waals surface area contributed by atoms with Gasteiger partial charge < -0.3 is 9.88 Å². The molecule has 1 aromatic heterocycles. The van der Waals surface area contributed by atoms with Gasteiger partial charge in [-0.15, -0.1) is 10.2 Å². The first-order chi connectivity index (χ1) is 9.24. The van der Waals surface area contributed by atoms with Crippen molar-refractivity contribution in [3.8, 4) is 0 Å². The largest absolute Gasteiger partial charge is 0.377 e. The van der Waals surface area contributed by atoms with Crippen LogP contribution in [-0.4, -0.2) is 14.8 Å². The first-order valence-corrected chi connectivity index (χ1v) is 7.92. The van der Waals surface area contributed by atoms with Crippen LogP contribution in [-0.2, 0) is 19.5 Å². The molecule has 0 amide bonds. The van der Waals surface area contributed by atoms with E-state index in [1.807, 2.05) is 18.2 Å². The van der Waals surface area contributed by atoms with Gasteiger partial charge in [-0.2, -0.15) is 0 Å². The highest BCUT2D eigenvalue weighted by molar-refractivity contribution is 9.11. The van der Waals surface area contributed by atoms with Crippen molar-refractivity contribution in [2.75, 3.05) is 5.32 Å². The minimum absolute atomic E-state index is 0.702. The molecule has 19 heavy (non-hydrogen) atoms. The van der Waals surface area contributed by atoms with Gasteiger partial charge in [0.1, 0.15) is 5.82 Å². The Morgan fingerprint density at radius 2 is 2.11 bits per heavy atom. The number of hydrogen-bond acceptors (Lipinski definition) is 3. The predicted molar refractivity (Wildman–Crippen MR) is 82.1 cm³/mol. The molecule has 2 heterocycles. The Morgan fingerprint density at radius 1 is 1.21 bits per heavy atom. The summed E-state index contributed by atoms with van der Waals surface area (Å²) in [4.78, 5) is 0. The summed E-state index contributed by atoms with van der Waals surface area (Å²) in [6, 6.07) is 6.09. The number of hydrogen-bond donors (Lipinski definition) is 1. The van der Waals surface area contributed by atoms with Gasteiger partial charge in [-0.05, 0) is 47.0 Å². The molecule has 0 fully saturated rings. The molecule has 6 heteroatoms. The molecule has 1 aliphatic rings. The van der Waals surface area contributed by atoms with Gasteiger partial charge in [-0.1, -0.05) is 15.9 Å². The number of aromatic nitrogens is 3. The molecule has 0 spiro atoms. The maximum absolute atomic E-state index is 4.29. The molecule has 1 aliphatic heterocycles. The zero-order chi connectivity index (χ0) is 13.2. The Balaban J connectivity index is 1.74. The lowest BCUT2D eigenvalue weighted by Gasteiger charge is -2.15. The van der Waals surface area contributed by atoms with Crippen molar-refractivity contribution in [3.63, 3.8) is 0 Å². The highest BCUT2D eigenvalue weighted by Gasteiger charge is 2.15. The third-order valence-corrected chi connectivity index (χ3v) is 4.45. The topological polar surface area (TPSA) is 42.7 Å². The number of nitrogens with zero attached hydrogens (tertiary/aromatic N) is 3. The molecule has 0 saturated heterocycles. The van der Waals surface area contributed by atoms with Crippen LogP contribution in [0.4, 0.5) is 5.69 Å². The van der Waals surface area contributed by atoms with Gasteiger partial charge in [0.25, 0.3) is 0 Å². The average Bonchev–Trinajstić information content (AvgIpc) is 2.81. The first kappa shape index (κ1) is 13.1. The summed E-state index contributed by atoms with van der Waals surface area (Å²) >= 11 is 7.00. The van der Waals surface area contributed by atoms with E-state index < -0.39 is 0 Å². The van der Waals surface area contributed by atoms with Crippen molar-refractivity contribution in [1.82, 2.24) is 14.8 Å². The normalized spacial score (nSPS) is 14.2. The van der Waals surface area contributed by atoms with Crippen molar-refractivity contribution >= 4 is 37.5 Å². The predicted octanol–water partition coefficient (Wildman–Crippen LogP) is 3.75. The maximum Gasteiger partial charge on any atom is 0.152 e. The van der Waals surface area contributed by atoms with E-state index in [1.54, 1.807) is 0 Å². The van der Waals surface area contributed by atoms with Gasteiger partial charge in [-0.3, -0.25) is 0 Å². The number of rotatable bonds is 3. The molecular formula is C13H14Br2N4. The second-order valence-corrected chi connectivity index (χ2v) is 6.39. The number of halogens is 2. The zero-order valence-corrected chi connectivity index (χ0v) is 13.5. The lowest BCUT2D eigenvalue weighted by Crippen LogP contribution is -2.15. The minimum Gasteiger partial charge on any atom is -0.377 e. The molecule has 100 valence electrons. The molecule has 0 radical (unpaired) electrons. The number of nitrogens with one attached hydrogen (secondary N) is 1. The SMILES string of the molecule is Brc1ccc(NCc2nnc3n2CCCC3)c(Br)c1. The second kappa shape index (κ2) is 5.63. The van der Waals surface area contributed by atoms with Crippen LogP contribution >= 0.6 is 31.9 Å². The number of anilines is 1. The molecule has 0 unspecified atom stereocenters. The van der Waals surface area contributed by atoms with E-state index >= 15 is 0 Å². The Bertz CT molecular complexity index is 594. The van der Waals surface area contributed by atoms with E-state index in [2.05, 4.69) is 51.9 Å². The van der Waals surface area contributed by atoms with E-state index in [-0.39, 0.29) is 0 Å². The number of aryl methyl sites for hydroxylation is 1. The molecule has 1 aromatic carbocycles. The zero-order valence-electron chi connectivity index (χ0n) is 10.4. The van der Waals surface area contributed by atoms with Crippen LogP contribution in [0.2, 0.25) is 0 Å². The first-order valence-electron chi connectivity index (χ1n) is 6.34. The summed E-state index contributed by atoms with van der Waals surface area (Å²) in [6.07, 6.45) is 3.50. The third kappa shape index (κ3) is 2.84. The van der Waals surface area contributed by atoms with Gasteiger partial charge in [0.05, 0.1) is 6.54 Å². The van der Waals surface area contributed by atoms with Crippen LogP contribution in [0.1, 0.15) is 24.5 Å². The van der Waals surface area contributed by atoms with E-state index in [4.69, 9.17) is 0 Å². The Hall–Kier alpha value is -0.880. The molecule has 0 aliphatic carbocycles. The van der Waals surface area contributed by atoms with Crippen molar-refractivity contribution in [2.24, 2.45) is 0 Å². The van der Waals surface area contributed by atoms with Gasteiger partial charge in [0, 0.05) is 27.6 Å². The summed E-state index contributed by atoms with van der Waals surface area (Å²) in [5.41, 5.74) is 1.07. The Labute approximate surface area is 128 Å². The third-order valence-electron chi connectivity index (χ3n) is 3.30. The molecule has 4 nitrogen and oxygen atoms in total. The van der Waals surface area contributed by atoms with Crippen molar-refractivity contribution in [3.05, 3.63) is 38.8 Å². The summed E-state index contributed by atoms with van der Waals surface area (Å²) < 4.78 is 4.34. The van der Waals surface area contributed by atoms with E-state index in [0.29, 0.717) is 6.54 Å². The van der Waals surface area contributed by atoms with E-state index in [9.17, 15) is 0 Å². The average molecular weight is 386 g/mol. The lowest BCUT2D eigenvalue weighted by molar-refractivity contribution is 0.510. The quantitative estimate of drug-likeness (QED) is 0.874. The number of benzene rings is 1. The smallest absolute Gasteiger partial charge is 0.152 e. The monoisotopic (exact) mass is 384 g/mol. The van der Waals surface area contributed by atoms with Gasteiger partial charge >= 0.3 is 0 Å². The van der Waals surface area contributed by atoms with Crippen molar-refractivity contribution in [2.45, 2.75) is 32.4 Å². The van der Waals surface area contributed by atoms with Crippen LogP contribution in [0.15, 0.2) is 27.1 Å². The van der Waals surface area contributed by atoms with Crippen LogP contribution in [0, 0.1) is 0 Å². The van der Waals surface area contributed by atoms with Gasteiger partial charge in [0.2, 0.25) is 0 Å². The van der Waals surface area contributed by atoms with Crippen molar-refractivity contribution < 1.29 is 0 Å². The van der Waals surface area contributed by atoms with Crippen LogP contribution < -0.4 is 5.32 Å². The fourth-order valence-corrected chi connectivity index (χ4v) is 3.49. The summed E-state index contributed by atoms with van der Waals surface area (Å²) in [6.45, 7) is 1.74. The fraction of sp³-hybridized carbons (Fsp3) is 0.385. The fourth-order valence-electron chi connectivity index (χ4n) is 2.31.